The molecule has 2 rings (SSSR count). The van der Waals surface area contributed by atoms with Crippen LogP contribution in [0.4, 0.5) is 5.82 Å². The van der Waals surface area contributed by atoms with Crippen LogP contribution >= 0.6 is 15.9 Å². The van der Waals surface area contributed by atoms with Crippen molar-refractivity contribution in [2.75, 3.05) is 5.32 Å². The van der Waals surface area contributed by atoms with Crippen molar-refractivity contribution in [1.29, 1.82) is 0 Å². The van der Waals surface area contributed by atoms with E-state index in [2.05, 4.69) is 31.4 Å². The molecule has 0 aliphatic heterocycles. The van der Waals surface area contributed by atoms with Gasteiger partial charge in [0.1, 0.15) is 5.75 Å². The highest BCUT2D eigenvalue weighted by Crippen LogP contribution is 2.18. The minimum absolute atomic E-state index is 0.175. The Balaban J connectivity index is 2.01. The SMILES string of the molecule is CC(Br)C(=O)Nc1ccc(Oc2ccccc2)nn1. The number of carbonyl (C=O) groups is 1. The molecule has 1 aromatic carbocycles. The highest BCUT2D eigenvalue weighted by atomic mass is 79.9. The molecule has 1 N–H and O–H groups in total. The van der Waals surface area contributed by atoms with Gasteiger partial charge >= 0.3 is 0 Å². The zero-order chi connectivity index (χ0) is 13.7. The van der Waals surface area contributed by atoms with Crippen molar-refractivity contribution in [1.82, 2.24) is 10.2 Å². The third kappa shape index (κ3) is 4.03. The Kier molecular flexibility index (Phi) is 4.46. The fraction of sp³-hybridized carbons (Fsp3) is 0.154. The summed E-state index contributed by atoms with van der Waals surface area (Å²) in [6.45, 7) is 1.73. The second-order valence-electron chi connectivity index (χ2n) is 3.78. The smallest absolute Gasteiger partial charge is 0.239 e. The summed E-state index contributed by atoms with van der Waals surface area (Å²) in [7, 11) is 0. The lowest BCUT2D eigenvalue weighted by atomic mass is 10.3. The standard InChI is InChI=1S/C13H12BrN3O2/c1-9(14)13(18)15-11-7-8-12(17-16-11)19-10-5-3-2-4-6-10/h2-9H,1H3,(H,15,16,18). The molecule has 0 spiro atoms. The molecule has 0 fully saturated rings. The molecule has 1 atom stereocenters. The number of amides is 1. The fourth-order valence-electron chi connectivity index (χ4n) is 1.28. The average molecular weight is 322 g/mol. The summed E-state index contributed by atoms with van der Waals surface area (Å²) in [5.74, 6) is 1.27. The number of carbonyl (C=O) groups excluding carboxylic acids is 1. The maximum absolute atomic E-state index is 11.4. The molecular formula is C13H12BrN3O2. The number of nitrogens with one attached hydrogen (secondary N) is 1. The number of para-hydroxylation sites is 1. The van der Waals surface area contributed by atoms with Crippen LogP contribution in [0.2, 0.25) is 0 Å². The Labute approximate surface area is 119 Å². The van der Waals surface area contributed by atoms with Crippen LogP contribution in [0.25, 0.3) is 0 Å². The van der Waals surface area contributed by atoms with Gasteiger partial charge in [0.05, 0.1) is 4.83 Å². The molecule has 0 saturated heterocycles. The molecule has 6 heteroatoms. The fourth-order valence-corrected chi connectivity index (χ4v) is 1.39. The number of alkyl halides is 1. The zero-order valence-electron chi connectivity index (χ0n) is 10.2. The van der Waals surface area contributed by atoms with Gasteiger partial charge < -0.3 is 10.1 Å². The van der Waals surface area contributed by atoms with Crippen LogP contribution in [0, 0.1) is 0 Å². The first-order chi connectivity index (χ1) is 9.15. The molecule has 1 heterocycles. The topological polar surface area (TPSA) is 64.1 Å². The molecule has 0 radical (unpaired) electrons. The van der Waals surface area contributed by atoms with Crippen molar-refractivity contribution in [3.05, 3.63) is 42.5 Å². The highest BCUT2D eigenvalue weighted by molar-refractivity contribution is 9.10. The first-order valence-electron chi connectivity index (χ1n) is 5.67. The third-order valence-electron chi connectivity index (χ3n) is 2.22. The number of hydrogen-bond donors (Lipinski definition) is 1. The van der Waals surface area contributed by atoms with Crippen molar-refractivity contribution in [3.63, 3.8) is 0 Å². The van der Waals surface area contributed by atoms with Crippen LogP contribution in [-0.2, 0) is 4.79 Å². The van der Waals surface area contributed by atoms with Gasteiger partial charge in [-0.15, -0.1) is 10.2 Å². The van der Waals surface area contributed by atoms with Crippen molar-refractivity contribution in [2.24, 2.45) is 0 Å². The van der Waals surface area contributed by atoms with E-state index >= 15 is 0 Å². The lowest BCUT2D eigenvalue weighted by molar-refractivity contribution is -0.115. The number of anilines is 1. The quantitative estimate of drug-likeness (QED) is 0.879. The minimum atomic E-state index is -0.283. The summed E-state index contributed by atoms with van der Waals surface area (Å²) >= 11 is 3.17. The van der Waals surface area contributed by atoms with E-state index < -0.39 is 0 Å². The third-order valence-corrected chi connectivity index (χ3v) is 2.63. The van der Waals surface area contributed by atoms with E-state index in [1.165, 1.54) is 0 Å². The Bertz CT molecular complexity index is 544. The predicted octanol–water partition coefficient (Wildman–Crippen LogP) is 2.99. The van der Waals surface area contributed by atoms with Gasteiger partial charge in [-0.05, 0) is 25.1 Å². The zero-order valence-corrected chi connectivity index (χ0v) is 11.8. The van der Waals surface area contributed by atoms with E-state index in [1.807, 2.05) is 30.3 Å². The summed E-state index contributed by atoms with van der Waals surface area (Å²) in [4.78, 5) is 11.1. The van der Waals surface area contributed by atoms with E-state index in [0.29, 0.717) is 17.4 Å². The van der Waals surface area contributed by atoms with Gasteiger partial charge in [-0.25, -0.2) is 0 Å². The van der Waals surface area contributed by atoms with Crippen LogP contribution in [0.5, 0.6) is 11.6 Å². The summed E-state index contributed by atoms with van der Waals surface area (Å²) in [5.41, 5.74) is 0. The second-order valence-corrected chi connectivity index (χ2v) is 5.15. The molecule has 0 bridgehead atoms. The number of hydrogen-bond acceptors (Lipinski definition) is 4. The number of halogens is 1. The van der Waals surface area contributed by atoms with Crippen LogP contribution in [0.3, 0.4) is 0 Å². The number of benzene rings is 1. The van der Waals surface area contributed by atoms with Gasteiger partial charge in [-0.3, -0.25) is 4.79 Å². The van der Waals surface area contributed by atoms with Crippen molar-refractivity contribution in [2.45, 2.75) is 11.8 Å². The van der Waals surface area contributed by atoms with Crippen molar-refractivity contribution in [3.8, 4) is 11.6 Å². The molecular weight excluding hydrogens is 310 g/mol. The Hall–Kier alpha value is -1.95. The maximum atomic E-state index is 11.4. The van der Waals surface area contributed by atoms with Crippen molar-refractivity contribution >= 4 is 27.7 Å². The summed E-state index contributed by atoms with van der Waals surface area (Å²) in [6, 6.07) is 12.6. The lowest BCUT2D eigenvalue weighted by Gasteiger charge is -2.06. The van der Waals surface area contributed by atoms with E-state index in [-0.39, 0.29) is 10.7 Å². The molecule has 19 heavy (non-hydrogen) atoms. The van der Waals surface area contributed by atoms with Gasteiger partial charge in [-0.1, -0.05) is 34.1 Å². The second kappa shape index (κ2) is 6.29. The molecule has 2 aromatic rings. The van der Waals surface area contributed by atoms with E-state index in [0.717, 1.165) is 0 Å². The molecule has 1 unspecified atom stereocenters. The normalized spacial score (nSPS) is 11.7. The predicted molar refractivity (Wildman–Crippen MR) is 75.6 cm³/mol. The summed E-state index contributed by atoms with van der Waals surface area (Å²) < 4.78 is 5.49. The van der Waals surface area contributed by atoms with Gasteiger partial charge in [0.25, 0.3) is 0 Å². The number of ether oxygens (including phenoxy) is 1. The van der Waals surface area contributed by atoms with Crippen molar-refractivity contribution < 1.29 is 9.53 Å². The molecule has 1 amide bonds. The van der Waals surface area contributed by atoms with Gasteiger partial charge in [-0.2, -0.15) is 0 Å². The highest BCUT2D eigenvalue weighted by Gasteiger charge is 2.09. The van der Waals surface area contributed by atoms with Crippen LogP contribution in [0.15, 0.2) is 42.5 Å². The van der Waals surface area contributed by atoms with E-state index in [1.54, 1.807) is 19.1 Å². The molecule has 0 aliphatic rings. The molecule has 0 saturated carbocycles. The van der Waals surface area contributed by atoms with E-state index in [9.17, 15) is 4.79 Å². The average Bonchev–Trinajstić information content (AvgIpc) is 2.42. The number of aromatic nitrogens is 2. The monoisotopic (exact) mass is 321 g/mol. The van der Waals surface area contributed by atoms with Gasteiger partial charge in [0.15, 0.2) is 5.82 Å². The Morgan fingerprint density at radius 3 is 2.53 bits per heavy atom. The lowest BCUT2D eigenvalue weighted by Crippen LogP contribution is -2.20. The summed E-state index contributed by atoms with van der Waals surface area (Å²) in [5, 5.41) is 10.4. The van der Waals surface area contributed by atoms with Gasteiger partial charge in [0.2, 0.25) is 11.8 Å². The number of rotatable bonds is 4. The van der Waals surface area contributed by atoms with Crippen LogP contribution in [-0.4, -0.2) is 20.9 Å². The van der Waals surface area contributed by atoms with E-state index in [4.69, 9.17) is 4.74 Å². The molecule has 0 aliphatic carbocycles. The van der Waals surface area contributed by atoms with Crippen LogP contribution < -0.4 is 10.1 Å². The minimum Gasteiger partial charge on any atom is -0.438 e. The Morgan fingerprint density at radius 2 is 1.95 bits per heavy atom. The van der Waals surface area contributed by atoms with Gasteiger partial charge in [0, 0.05) is 6.07 Å². The molecule has 98 valence electrons. The summed E-state index contributed by atoms with van der Waals surface area (Å²) in [6.07, 6.45) is 0. The first kappa shape index (κ1) is 13.5. The molecule has 5 nitrogen and oxygen atoms in total. The number of nitrogens with zero attached hydrogens (tertiary/aromatic N) is 2. The molecule has 1 aromatic heterocycles. The first-order valence-corrected chi connectivity index (χ1v) is 6.58. The largest absolute Gasteiger partial charge is 0.438 e. The van der Waals surface area contributed by atoms with Crippen LogP contribution in [0.1, 0.15) is 6.92 Å². The maximum Gasteiger partial charge on any atom is 0.239 e. The Morgan fingerprint density at radius 1 is 1.21 bits per heavy atom.